The molecule has 7 heteroatoms. The number of anilines is 1. The highest BCUT2D eigenvalue weighted by Gasteiger charge is 2.16. The third kappa shape index (κ3) is 7.97. The van der Waals surface area contributed by atoms with Gasteiger partial charge >= 0.3 is 0 Å². The molecule has 2 N–H and O–H groups in total. The zero-order valence-corrected chi connectivity index (χ0v) is 18.0. The Morgan fingerprint density at radius 1 is 1.19 bits per heavy atom. The van der Waals surface area contributed by atoms with Crippen LogP contribution in [0.1, 0.15) is 32.3 Å². The van der Waals surface area contributed by atoms with Crippen LogP contribution in [0.2, 0.25) is 0 Å². The fourth-order valence-corrected chi connectivity index (χ4v) is 3.61. The Balaban J connectivity index is 1.88. The molecular formula is C20H36N6S. The van der Waals surface area contributed by atoms with E-state index in [0.29, 0.717) is 6.54 Å². The summed E-state index contributed by atoms with van der Waals surface area (Å²) in [6.07, 6.45) is 6.49. The Morgan fingerprint density at radius 3 is 2.70 bits per heavy atom. The number of thioether (sulfide) groups is 1. The third-order valence-electron chi connectivity index (χ3n) is 4.79. The molecule has 1 aromatic rings. The van der Waals surface area contributed by atoms with Crippen molar-refractivity contribution in [2.24, 2.45) is 4.99 Å². The van der Waals surface area contributed by atoms with Gasteiger partial charge in [0.05, 0.1) is 6.54 Å². The van der Waals surface area contributed by atoms with Crippen molar-refractivity contribution in [2.45, 2.75) is 33.2 Å². The SMILES string of the molecule is CCNC(=NCc1ccnc(N2CCN(CC)CC2)c1)NCCCCSC. The number of aliphatic imine (C=N–C) groups is 1. The number of unbranched alkanes of at least 4 members (excludes halogenated alkanes) is 1. The van der Waals surface area contributed by atoms with Crippen molar-refractivity contribution in [3.8, 4) is 0 Å². The molecule has 1 aliphatic heterocycles. The lowest BCUT2D eigenvalue weighted by Crippen LogP contribution is -2.46. The summed E-state index contributed by atoms with van der Waals surface area (Å²) in [5.74, 6) is 3.20. The Kier molecular flexibility index (Phi) is 10.4. The molecule has 0 bridgehead atoms. The number of nitrogens with zero attached hydrogens (tertiary/aromatic N) is 4. The highest BCUT2D eigenvalue weighted by atomic mass is 32.2. The molecule has 0 atom stereocenters. The molecular weight excluding hydrogens is 356 g/mol. The second-order valence-electron chi connectivity index (χ2n) is 6.77. The Hall–Kier alpha value is -1.47. The van der Waals surface area contributed by atoms with Crippen LogP contribution in [0.3, 0.4) is 0 Å². The number of guanidine groups is 1. The molecule has 0 saturated carbocycles. The molecule has 0 radical (unpaired) electrons. The van der Waals surface area contributed by atoms with E-state index < -0.39 is 0 Å². The van der Waals surface area contributed by atoms with Gasteiger partial charge < -0.3 is 20.4 Å². The van der Waals surface area contributed by atoms with Crippen LogP contribution in [0.25, 0.3) is 0 Å². The number of hydrogen-bond acceptors (Lipinski definition) is 5. The van der Waals surface area contributed by atoms with Gasteiger partial charge in [0, 0.05) is 45.5 Å². The number of rotatable bonds is 10. The molecule has 0 aromatic carbocycles. The van der Waals surface area contributed by atoms with Crippen molar-refractivity contribution in [1.29, 1.82) is 0 Å². The van der Waals surface area contributed by atoms with Crippen LogP contribution in [0, 0.1) is 0 Å². The Labute approximate surface area is 169 Å². The van der Waals surface area contributed by atoms with Gasteiger partial charge in [-0.3, -0.25) is 0 Å². The van der Waals surface area contributed by atoms with Gasteiger partial charge in [-0.05, 0) is 56.0 Å². The first-order chi connectivity index (χ1) is 13.3. The number of likely N-dealkylation sites (N-methyl/N-ethyl adjacent to an activating group) is 1. The number of piperazine rings is 1. The van der Waals surface area contributed by atoms with Crippen molar-refractivity contribution >= 4 is 23.5 Å². The summed E-state index contributed by atoms with van der Waals surface area (Å²) in [7, 11) is 0. The van der Waals surface area contributed by atoms with E-state index in [4.69, 9.17) is 4.99 Å². The molecule has 1 saturated heterocycles. The maximum Gasteiger partial charge on any atom is 0.191 e. The van der Waals surface area contributed by atoms with Crippen molar-refractivity contribution in [2.75, 3.05) is 62.7 Å². The van der Waals surface area contributed by atoms with Gasteiger partial charge in [0.25, 0.3) is 0 Å². The zero-order valence-electron chi connectivity index (χ0n) is 17.2. The van der Waals surface area contributed by atoms with Crippen LogP contribution in [0.4, 0.5) is 5.82 Å². The second kappa shape index (κ2) is 12.8. The summed E-state index contributed by atoms with van der Waals surface area (Å²) < 4.78 is 0. The molecule has 0 aliphatic carbocycles. The van der Waals surface area contributed by atoms with E-state index >= 15 is 0 Å². The fourth-order valence-electron chi connectivity index (χ4n) is 3.12. The maximum atomic E-state index is 4.75. The van der Waals surface area contributed by atoms with Crippen molar-refractivity contribution in [3.05, 3.63) is 23.9 Å². The van der Waals surface area contributed by atoms with Gasteiger partial charge in [0.1, 0.15) is 5.82 Å². The van der Waals surface area contributed by atoms with Crippen LogP contribution >= 0.6 is 11.8 Å². The number of hydrogen-bond donors (Lipinski definition) is 2. The largest absolute Gasteiger partial charge is 0.357 e. The summed E-state index contributed by atoms with van der Waals surface area (Å²) in [5.41, 5.74) is 1.21. The van der Waals surface area contributed by atoms with E-state index in [-0.39, 0.29) is 0 Å². The Morgan fingerprint density at radius 2 is 2.00 bits per heavy atom. The van der Waals surface area contributed by atoms with Gasteiger partial charge in [0.15, 0.2) is 5.96 Å². The minimum Gasteiger partial charge on any atom is -0.357 e. The van der Waals surface area contributed by atoms with E-state index in [0.717, 1.165) is 57.6 Å². The predicted molar refractivity (Wildman–Crippen MR) is 119 cm³/mol. The highest BCUT2D eigenvalue weighted by Crippen LogP contribution is 2.15. The molecule has 0 amide bonds. The molecule has 152 valence electrons. The first kappa shape index (κ1) is 21.8. The van der Waals surface area contributed by atoms with Crippen molar-refractivity contribution in [1.82, 2.24) is 20.5 Å². The summed E-state index contributed by atoms with van der Waals surface area (Å²) in [5, 5.41) is 6.77. The molecule has 1 aromatic heterocycles. The second-order valence-corrected chi connectivity index (χ2v) is 7.75. The lowest BCUT2D eigenvalue weighted by Gasteiger charge is -2.34. The predicted octanol–water partition coefficient (Wildman–Crippen LogP) is 2.42. The first-order valence-electron chi connectivity index (χ1n) is 10.2. The first-order valence-corrected chi connectivity index (χ1v) is 11.6. The van der Waals surface area contributed by atoms with Gasteiger partial charge in [-0.25, -0.2) is 9.98 Å². The van der Waals surface area contributed by atoms with E-state index in [9.17, 15) is 0 Å². The van der Waals surface area contributed by atoms with Crippen LogP contribution in [0.15, 0.2) is 23.3 Å². The average molecular weight is 393 g/mol. The lowest BCUT2D eigenvalue weighted by atomic mass is 10.2. The maximum absolute atomic E-state index is 4.75. The summed E-state index contributed by atoms with van der Waals surface area (Å²) in [6, 6.07) is 4.25. The van der Waals surface area contributed by atoms with Crippen LogP contribution < -0.4 is 15.5 Å². The lowest BCUT2D eigenvalue weighted by molar-refractivity contribution is 0.270. The van der Waals surface area contributed by atoms with E-state index in [1.54, 1.807) is 0 Å². The molecule has 0 spiro atoms. The fraction of sp³-hybridized carbons (Fsp3) is 0.700. The molecule has 6 nitrogen and oxygen atoms in total. The molecule has 1 aliphatic rings. The summed E-state index contributed by atoms with van der Waals surface area (Å²) >= 11 is 1.91. The monoisotopic (exact) mass is 392 g/mol. The van der Waals surface area contributed by atoms with Gasteiger partial charge in [-0.1, -0.05) is 6.92 Å². The summed E-state index contributed by atoms with van der Waals surface area (Å²) in [6.45, 7) is 12.3. The number of pyridine rings is 1. The Bertz CT molecular complexity index is 557. The van der Waals surface area contributed by atoms with Crippen LogP contribution in [-0.2, 0) is 6.54 Å². The molecule has 2 heterocycles. The zero-order chi connectivity index (χ0) is 19.3. The molecule has 0 unspecified atom stereocenters. The minimum atomic E-state index is 0.671. The average Bonchev–Trinajstić information content (AvgIpc) is 2.72. The van der Waals surface area contributed by atoms with Crippen LogP contribution in [-0.4, -0.2) is 73.7 Å². The van der Waals surface area contributed by atoms with E-state index in [1.165, 1.54) is 24.2 Å². The van der Waals surface area contributed by atoms with Crippen LogP contribution in [0.5, 0.6) is 0 Å². The van der Waals surface area contributed by atoms with E-state index in [2.05, 4.69) is 57.7 Å². The quantitative estimate of drug-likeness (QED) is 0.362. The van der Waals surface area contributed by atoms with Gasteiger partial charge in [0.2, 0.25) is 0 Å². The normalized spacial score (nSPS) is 15.8. The number of nitrogens with one attached hydrogen (secondary N) is 2. The van der Waals surface area contributed by atoms with Gasteiger partial charge in [-0.2, -0.15) is 11.8 Å². The van der Waals surface area contributed by atoms with Crippen molar-refractivity contribution in [3.63, 3.8) is 0 Å². The topological polar surface area (TPSA) is 55.8 Å². The minimum absolute atomic E-state index is 0.671. The van der Waals surface area contributed by atoms with Crippen molar-refractivity contribution < 1.29 is 0 Å². The number of aromatic nitrogens is 1. The molecule has 27 heavy (non-hydrogen) atoms. The van der Waals surface area contributed by atoms with E-state index in [1.807, 2.05) is 18.0 Å². The van der Waals surface area contributed by atoms with Gasteiger partial charge in [-0.15, -0.1) is 0 Å². The highest BCUT2D eigenvalue weighted by molar-refractivity contribution is 7.98. The molecule has 1 fully saturated rings. The smallest absolute Gasteiger partial charge is 0.191 e. The summed E-state index contributed by atoms with van der Waals surface area (Å²) in [4.78, 5) is 14.2. The third-order valence-corrected chi connectivity index (χ3v) is 5.48. The standard InChI is InChI=1S/C20H36N6S/c1-4-21-20(23-9-6-7-15-27-3)24-17-18-8-10-22-19(16-18)26-13-11-25(5-2)12-14-26/h8,10,16H,4-7,9,11-15,17H2,1-3H3,(H2,21,23,24). The molecule has 2 rings (SSSR count).